The Labute approximate surface area is 95.9 Å². The third kappa shape index (κ3) is 2.72. The van der Waals surface area contributed by atoms with Gasteiger partial charge in [0.2, 0.25) is 5.91 Å². The first-order chi connectivity index (χ1) is 7.39. The van der Waals surface area contributed by atoms with Crippen LogP contribution in [0.3, 0.4) is 0 Å². The summed E-state index contributed by atoms with van der Waals surface area (Å²) >= 11 is 0. The maximum absolute atomic E-state index is 11.3. The number of rotatable bonds is 4. The third-order valence-electron chi connectivity index (χ3n) is 3.41. The summed E-state index contributed by atoms with van der Waals surface area (Å²) in [7, 11) is 1.38. The molecule has 5 heteroatoms. The quantitative estimate of drug-likeness (QED) is 0.694. The normalized spacial score (nSPS) is 27.7. The summed E-state index contributed by atoms with van der Waals surface area (Å²) in [5.41, 5.74) is 4.91. The Hall–Kier alpha value is -1.10. The fourth-order valence-corrected chi connectivity index (χ4v) is 2.03. The first-order valence-corrected chi connectivity index (χ1v) is 5.50. The van der Waals surface area contributed by atoms with Crippen molar-refractivity contribution in [3.05, 3.63) is 0 Å². The fourth-order valence-electron chi connectivity index (χ4n) is 2.03. The molecule has 0 radical (unpaired) electrons. The van der Waals surface area contributed by atoms with Crippen molar-refractivity contribution in [2.75, 3.05) is 20.2 Å². The van der Waals surface area contributed by atoms with Gasteiger partial charge < -0.3 is 10.5 Å². The second-order valence-corrected chi connectivity index (χ2v) is 4.77. The molecule has 2 atom stereocenters. The van der Waals surface area contributed by atoms with Gasteiger partial charge >= 0.3 is 5.97 Å². The molecule has 16 heavy (non-hydrogen) atoms. The summed E-state index contributed by atoms with van der Waals surface area (Å²) in [4.78, 5) is 24.5. The number of carbonyl (C=O) groups excluding carboxylic acids is 2. The zero-order valence-electron chi connectivity index (χ0n) is 10.2. The van der Waals surface area contributed by atoms with Crippen LogP contribution >= 0.6 is 0 Å². The first-order valence-electron chi connectivity index (χ1n) is 5.50. The van der Waals surface area contributed by atoms with Gasteiger partial charge in [0.1, 0.15) is 0 Å². The van der Waals surface area contributed by atoms with Crippen molar-refractivity contribution in [3.8, 4) is 0 Å². The van der Waals surface area contributed by atoms with E-state index in [1.807, 2.05) is 13.8 Å². The van der Waals surface area contributed by atoms with Crippen LogP contribution in [0.4, 0.5) is 0 Å². The van der Waals surface area contributed by atoms with E-state index in [1.165, 1.54) is 7.11 Å². The van der Waals surface area contributed by atoms with Crippen molar-refractivity contribution in [2.24, 2.45) is 11.1 Å². The summed E-state index contributed by atoms with van der Waals surface area (Å²) in [5, 5.41) is 0. The van der Waals surface area contributed by atoms with Crippen LogP contribution in [0.2, 0.25) is 0 Å². The lowest BCUT2D eigenvalue weighted by molar-refractivity contribution is -0.141. The van der Waals surface area contributed by atoms with E-state index in [4.69, 9.17) is 5.73 Å². The largest absolute Gasteiger partial charge is 0.469 e. The van der Waals surface area contributed by atoms with Gasteiger partial charge in [-0.05, 0) is 26.8 Å². The van der Waals surface area contributed by atoms with E-state index >= 15 is 0 Å². The topological polar surface area (TPSA) is 72.6 Å². The molecule has 0 aliphatic carbocycles. The van der Waals surface area contributed by atoms with Gasteiger partial charge in [0.05, 0.1) is 18.9 Å². The molecule has 1 aliphatic rings. The van der Waals surface area contributed by atoms with E-state index in [9.17, 15) is 9.59 Å². The Kier molecular flexibility index (Phi) is 3.91. The SMILES string of the molecule is COC(=O)CC(C)N1CCC(C)(C(N)=O)C1. The highest BCUT2D eigenvalue weighted by Crippen LogP contribution is 2.31. The van der Waals surface area contributed by atoms with Crippen molar-refractivity contribution in [2.45, 2.75) is 32.7 Å². The molecular formula is C11H20N2O3. The Morgan fingerprint density at radius 1 is 1.56 bits per heavy atom. The summed E-state index contributed by atoms with van der Waals surface area (Å²) in [6.45, 7) is 5.27. The smallest absolute Gasteiger partial charge is 0.307 e. The third-order valence-corrected chi connectivity index (χ3v) is 3.41. The lowest BCUT2D eigenvalue weighted by Crippen LogP contribution is -2.40. The summed E-state index contributed by atoms with van der Waals surface area (Å²) in [6.07, 6.45) is 1.11. The van der Waals surface area contributed by atoms with Crippen molar-refractivity contribution in [3.63, 3.8) is 0 Å². The number of ether oxygens (including phenoxy) is 1. The van der Waals surface area contributed by atoms with Crippen molar-refractivity contribution in [1.29, 1.82) is 0 Å². The van der Waals surface area contributed by atoms with E-state index in [2.05, 4.69) is 9.64 Å². The van der Waals surface area contributed by atoms with Crippen molar-refractivity contribution >= 4 is 11.9 Å². The average Bonchev–Trinajstić information content (AvgIpc) is 2.62. The van der Waals surface area contributed by atoms with Crippen LogP contribution in [0.25, 0.3) is 0 Å². The number of esters is 1. The Bertz CT molecular complexity index is 293. The summed E-state index contributed by atoms with van der Waals surface area (Å²) in [5.74, 6) is -0.486. The van der Waals surface area contributed by atoms with Gasteiger partial charge in [-0.15, -0.1) is 0 Å². The van der Waals surface area contributed by atoms with Crippen LogP contribution < -0.4 is 5.73 Å². The van der Waals surface area contributed by atoms with Crippen LogP contribution in [0.15, 0.2) is 0 Å². The first kappa shape index (κ1) is 13.0. The minimum atomic E-state index is -0.454. The van der Waals surface area contributed by atoms with Gasteiger partial charge in [-0.25, -0.2) is 0 Å². The van der Waals surface area contributed by atoms with Crippen LogP contribution in [0.5, 0.6) is 0 Å². The maximum Gasteiger partial charge on any atom is 0.307 e. The molecule has 2 unspecified atom stereocenters. The minimum absolute atomic E-state index is 0.0913. The average molecular weight is 228 g/mol. The Morgan fingerprint density at radius 2 is 2.19 bits per heavy atom. The number of carbonyl (C=O) groups is 2. The van der Waals surface area contributed by atoms with Crippen molar-refractivity contribution < 1.29 is 14.3 Å². The lowest BCUT2D eigenvalue weighted by atomic mass is 9.89. The molecule has 0 aromatic carbocycles. The second-order valence-electron chi connectivity index (χ2n) is 4.77. The van der Waals surface area contributed by atoms with Crippen LogP contribution in [0.1, 0.15) is 26.7 Å². The van der Waals surface area contributed by atoms with Gasteiger partial charge in [-0.1, -0.05) is 0 Å². The molecule has 0 saturated carbocycles. The zero-order valence-corrected chi connectivity index (χ0v) is 10.2. The molecule has 5 nitrogen and oxygen atoms in total. The number of hydrogen-bond donors (Lipinski definition) is 1. The molecule has 1 rings (SSSR count). The van der Waals surface area contributed by atoms with Gasteiger partial charge in [-0.2, -0.15) is 0 Å². The molecule has 1 aliphatic heterocycles. The van der Waals surface area contributed by atoms with Crippen LogP contribution in [-0.4, -0.2) is 43.0 Å². The minimum Gasteiger partial charge on any atom is -0.469 e. The molecule has 0 spiro atoms. The van der Waals surface area contributed by atoms with E-state index in [-0.39, 0.29) is 17.9 Å². The Morgan fingerprint density at radius 3 is 2.62 bits per heavy atom. The number of nitrogens with two attached hydrogens (primary N) is 1. The fraction of sp³-hybridized carbons (Fsp3) is 0.818. The molecular weight excluding hydrogens is 208 g/mol. The molecule has 1 heterocycles. The number of primary amides is 1. The monoisotopic (exact) mass is 228 g/mol. The van der Waals surface area contributed by atoms with Gasteiger partial charge in [0.25, 0.3) is 0 Å². The highest BCUT2D eigenvalue weighted by molar-refractivity contribution is 5.81. The van der Waals surface area contributed by atoms with Gasteiger partial charge in [0, 0.05) is 12.6 Å². The number of likely N-dealkylation sites (tertiary alicyclic amines) is 1. The maximum atomic E-state index is 11.3. The van der Waals surface area contributed by atoms with E-state index in [0.717, 1.165) is 13.0 Å². The van der Waals surface area contributed by atoms with E-state index in [0.29, 0.717) is 13.0 Å². The van der Waals surface area contributed by atoms with Crippen molar-refractivity contribution in [1.82, 2.24) is 4.90 Å². The Balaban J connectivity index is 2.53. The lowest BCUT2D eigenvalue weighted by Gasteiger charge is -2.25. The highest BCUT2D eigenvalue weighted by Gasteiger charge is 2.40. The van der Waals surface area contributed by atoms with Crippen LogP contribution in [0, 0.1) is 5.41 Å². The summed E-state index contributed by atoms with van der Waals surface area (Å²) in [6, 6.07) is 0.0913. The predicted octanol–water partition coefficient (Wildman–Crippen LogP) is 0.135. The van der Waals surface area contributed by atoms with Gasteiger partial charge in [-0.3, -0.25) is 14.5 Å². The molecule has 0 aromatic heterocycles. The molecule has 1 saturated heterocycles. The van der Waals surface area contributed by atoms with Gasteiger partial charge in [0.15, 0.2) is 0 Å². The zero-order chi connectivity index (χ0) is 12.3. The molecule has 1 fully saturated rings. The van der Waals surface area contributed by atoms with E-state index < -0.39 is 5.41 Å². The van der Waals surface area contributed by atoms with Crippen LogP contribution in [-0.2, 0) is 14.3 Å². The highest BCUT2D eigenvalue weighted by atomic mass is 16.5. The number of nitrogens with zero attached hydrogens (tertiary/aromatic N) is 1. The molecule has 2 N–H and O–H groups in total. The molecule has 0 aromatic rings. The van der Waals surface area contributed by atoms with E-state index in [1.54, 1.807) is 0 Å². The number of amides is 1. The molecule has 0 bridgehead atoms. The predicted molar refractivity (Wildman–Crippen MR) is 59.6 cm³/mol. The molecule has 92 valence electrons. The second kappa shape index (κ2) is 4.82. The number of methoxy groups -OCH3 is 1. The number of hydrogen-bond acceptors (Lipinski definition) is 4. The molecule has 1 amide bonds. The standard InChI is InChI=1S/C11H20N2O3/c1-8(6-9(14)16-3)13-5-4-11(2,7-13)10(12)15/h8H,4-7H2,1-3H3,(H2,12,15). The summed E-state index contributed by atoms with van der Waals surface area (Å²) < 4.78 is 4.62.